The summed E-state index contributed by atoms with van der Waals surface area (Å²) in [6, 6.07) is 4.42. The van der Waals surface area contributed by atoms with Crippen molar-refractivity contribution in [3.8, 4) is 0 Å². The first-order chi connectivity index (χ1) is 22.9. The molecule has 1 saturated carbocycles. The number of alkyl halides is 2. The number of halogens is 3. The number of nitrogens with one attached hydrogen (secondary N) is 3. The van der Waals surface area contributed by atoms with E-state index >= 15 is 13.2 Å². The Morgan fingerprint density at radius 3 is 2.23 bits per heavy atom. The third-order valence-corrected chi connectivity index (χ3v) is 9.28. The molecule has 3 N–H and O–H groups in total. The van der Waals surface area contributed by atoms with Crippen molar-refractivity contribution in [2.24, 2.45) is 5.92 Å². The molecule has 4 amide bonds. The van der Waals surface area contributed by atoms with Crippen molar-refractivity contribution in [1.82, 2.24) is 25.4 Å². The van der Waals surface area contributed by atoms with Gasteiger partial charge in [0.05, 0.1) is 5.69 Å². The van der Waals surface area contributed by atoms with Gasteiger partial charge in [0.2, 0.25) is 17.7 Å². The number of benzene rings is 1. The Morgan fingerprint density at radius 2 is 1.65 bits per heavy atom. The van der Waals surface area contributed by atoms with Crippen molar-refractivity contribution in [2.75, 3.05) is 38.5 Å². The van der Waals surface area contributed by atoms with E-state index in [9.17, 15) is 19.2 Å². The summed E-state index contributed by atoms with van der Waals surface area (Å²) in [5.74, 6) is -8.14. The molecule has 48 heavy (non-hydrogen) atoms. The Bertz CT molecular complexity index is 1420. The molecule has 0 spiro atoms. The van der Waals surface area contributed by atoms with Crippen molar-refractivity contribution < 1.29 is 32.3 Å². The summed E-state index contributed by atoms with van der Waals surface area (Å²) >= 11 is 0. The molecule has 0 bridgehead atoms. The highest BCUT2D eigenvalue weighted by Crippen LogP contribution is 2.31. The number of carbonyl (C=O) groups is 4. The van der Waals surface area contributed by atoms with Gasteiger partial charge < -0.3 is 25.8 Å². The van der Waals surface area contributed by atoms with Gasteiger partial charge in [0.15, 0.2) is 0 Å². The predicted molar refractivity (Wildman–Crippen MR) is 176 cm³/mol. The van der Waals surface area contributed by atoms with Crippen LogP contribution in [-0.2, 0) is 37.9 Å². The fraction of sp³-hybridized carbons (Fsp3) is 0.571. The zero-order chi connectivity index (χ0) is 34.8. The maximum absolute atomic E-state index is 15.5. The van der Waals surface area contributed by atoms with E-state index in [2.05, 4.69) is 25.8 Å². The minimum atomic E-state index is -3.94. The molecule has 2 aliphatic rings. The number of pyridine rings is 1. The number of piperazine rings is 1. The van der Waals surface area contributed by atoms with Gasteiger partial charge in [-0.25, -0.2) is 4.39 Å². The molecule has 0 radical (unpaired) electrons. The van der Waals surface area contributed by atoms with Gasteiger partial charge in [-0.05, 0) is 62.1 Å². The Balaban J connectivity index is 1.50. The smallest absolute Gasteiger partial charge is 0.344 e. The van der Waals surface area contributed by atoms with E-state index in [1.54, 1.807) is 17.9 Å². The summed E-state index contributed by atoms with van der Waals surface area (Å²) in [4.78, 5) is 60.0. The van der Waals surface area contributed by atoms with Crippen LogP contribution in [0.2, 0.25) is 0 Å². The average molecular weight is 673 g/mol. The zero-order valence-corrected chi connectivity index (χ0v) is 28.0. The van der Waals surface area contributed by atoms with E-state index in [0.29, 0.717) is 56.7 Å². The van der Waals surface area contributed by atoms with E-state index in [-0.39, 0.29) is 30.3 Å². The van der Waals surface area contributed by atoms with Crippen molar-refractivity contribution in [3.05, 3.63) is 59.2 Å². The van der Waals surface area contributed by atoms with Crippen LogP contribution in [0.1, 0.15) is 75.6 Å². The first-order valence-electron chi connectivity index (χ1n) is 16.9. The van der Waals surface area contributed by atoms with Gasteiger partial charge in [0, 0.05) is 56.5 Å². The van der Waals surface area contributed by atoms with Gasteiger partial charge in [0.1, 0.15) is 17.9 Å². The lowest BCUT2D eigenvalue weighted by Gasteiger charge is -2.34. The molecule has 2 fully saturated rings. The van der Waals surface area contributed by atoms with Crippen LogP contribution in [-0.4, -0.2) is 83.7 Å². The van der Waals surface area contributed by atoms with Gasteiger partial charge in [-0.1, -0.05) is 45.6 Å². The maximum atomic E-state index is 15.5. The lowest BCUT2D eigenvalue weighted by Crippen LogP contribution is -2.54. The first-order valence-corrected chi connectivity index (χ1v) is 16.9. The molecule has 262 valence electrons. The van der Waals surface area contributed by atoms with Crippen LogP contribution in [0.15, 0.2) is 36.5 Å². The molecular weight excluding hydrogens is 625 g/mol. The molecule has 10 nitrogen and oxygen atoms in total. The SMILES string of the molecule is CCC(=O)N[C@H](Cc1ccc(NC(=O)[C@@H](NC(=O)C(F)(F)c2ccc(CC)nc2)C2CCCCCC2)c(F)c1)C(=O)N1CCN(C)CC1. The maximum Gasteiger partial charge on any atom is 0.351 e. The second kappa shape index (κ2) is 16.9. The van der Waals surface area contributed by atoms with E-state index in [4.69, 9.17) is 0 Å². The molecule has 4 rings (SSSR count). The van der Waals surface area contributed by atoms with E-state index < -0.39 is 47.1 Å². The van der Waals surface area contributed by atoms with Crippen LogP contribution < -0.4 is 16.0 Å². The standard InChI is InChI=1S/C35H47F3N6O4/c1-4-26-14-13-25(22-39-26)35(37,38)34(48)42-31(24-10-8-6-7-9-11-24)32(46)41-28-15-12-23(20-27(28)36)21-29(40-30(45)5-2)33(47)44-18-16-43(3)17-19-44/h12-15,20,22,24,29,31H,4-11,16-19,21H2,1-3H3,(H,40,45)(H,41,46)(H,42,48)/t29-,31+/m1/s1. The highest BCUT2D eigenvalue weighted by molar-refractivity contribution is 5.98. The molecule has 1 aromatic carbocycles. The highest BCUT2D eigenvalue weighted by atomic mass is 19.3. The second-order valence-electron chi connectivity index (χ2n) is 12.8. The summed E-state index contributed by atoms with van der Waals surface area (Å²) in [5, 5.41) is 7.55. The summed E-state index contributed by atoms with van der Waals surface area (Å²) in [6.07, 6.45) is 6.22. The highest BCUT2D eigenvalue weighted by Gasteiger charge is 2.44. The second-order valence-corrected chi connectivity index (χ2v) is 12.8. The minimum Gasteiger partial charge on any atom is -0.344 e. The Kier molecular flexibility index (Phi) is 13.0. The number of carbonyl (C=O) groups excluding carboxylic acids is 4. The molecule has 13 heteroatoms. The number of likely N-dealkylation sites (N-methyl/N-ethyl adjacent to an activating group) is 1. The lowest BCUT2D eigenvalue weighted by atomic mass is 9.90. The third kappa shape index (κ3) is 9.55. The van der Waals surface area contributed by atoms with E-state index in [0.717, 1.165) is 37.9 Å². The molecule has 1 aliphatic carbocycles. The normalized spacial score (nSPS) is 17.6. The largest absolute Gasteiger partial charge is 0.351 e. The summed E-state index contributed by atoms with van der Waals surface area (Å²) < 4.78 is 46.1. The molecule has 0 unspecified atom stereocenters. The number of anilines is 1. The fourth-order valence-corrected chi connectivity index (χ4v) is 6.20. The van der Waals surface area contributed by atoms with Crippen LogP contribution in [0.5, 0.6) is 0 Å². The van der Waals surface area contributed by atoms with Crippen LogP contribution >= 0.6 is 0 Å². The zero-order valence-electron chi connectivity index (χ0n) is 28.0. The van der Waals surface area contributed by atoms with Gasteiger partial charge in [-0.2, -0.15) is 8.78 Å². The predicted octanol–water partition coefficient (Wildman–Crippen LogP) is 4.18. The van der Waals surface area contributed by atoms with Crippen LogP contribution in [0, 0.1) is 11.7 Å². The number of amides is 4. The molecule has 1 aromatic heterocycles. The molecular formula is C35H47F3N6O4. The molecule has 2 aromatic rings. The number of aryl methyl sites for hydroxylation is 1. The first kappa shape index (κ1) is 36.8. The quantitative estimate of drug-likeness (QED) is 0.291. The number of rotatable bonds is 12. The molecule has 2 atom stereocenters. The number of hydrogen-bond donors (Lipinski definition) is 3. The minimum absolute atomic E-state index is 0.0337. The fourth-order valence-electron chi connectivity index (χ4n) is 6.20. The van der Waals surface area contributed by atoms with E-state index in [1.165, 1.54) is 18.2 Å². The number of hydrogen-bond acceptors (Lipinski definition) is 6. The van der Waals surface area contributed by atoms with Crippen LogP contribution in [0.25, 0.3) is 0 Å². The van der Waals surface area contributed by atoms with Crippen molar-refractivity contribution in [3.63, 3.8) is 0 Å². The summed E-state index contributed by atoms with van der Waals surface area (Å²) in [7, 11) is 1.97. The monoisotopic (exact) mass is 672 g/mol. The Labute approximate surface area is 280 Å². The van der Waals surface area contributed by atoms with Crippen molar-refractivity contribution in [2.45, 2.75) is 89.6 Å². The summed E-state index contributed by atoms with van der Waals surface area (Å²) in [5.41, 5.74) is 0.243. The van der Waals surface area contributed by atoms with Crippen molar-refractivity contribution >= 4 is 29.3 Å². The Morgan fingerprint density at radius 1 is 0.958 bits per heavy atom. The molecule has 1 aliphatic heterocycles. The lowest BCUT2D eigenvalue weighted by molar-refractivity contribution is -0.149. The van der Waals surface area contributed by atoms with E-state index in [1.807, 2.05) is 14.0 Å². The van der Waals surface area contributed by atoms with Crippen LogP contribution in [0.3, 0.4) is 0 Å². The topological polar surface area (TPSA) is 124 Å². The van der Waals surface area contributed by atoms with Gasteiger partial charge in [-0.15, -0.1) is 0 Å². The van der Waals surface area contributed by atoms with Gasteiger partial charge >= 0.3 is 5.92 Å². The number of aromatic nitrogens is 1. The number of nitrogens with zero attached hydrogens (tertiary/aromatic N) is 3. The van der Waals surface area contributed by atoms with Crippen LogP contribution in [0.4, 0.5) is 18.9 Å². The summed E-state index contributed by atoms with van der Waals surface area (Å²) in [6.45, 7) is 5.94. The third-order valence-electron chi connectivity index (χ3n) is 9.28. The van der Waals surface area contributed by atoms with Gasteiger partial charge in [0.25, 0.3) is 5.91 Å². The van der Waals surface area contributed by atoms with Crippen molar-refractivity contribution in [1.29, 1.82) is 0 Å². The van der Waals surface area contributed by atoms with Gasteiger partial charge in [-0.3, -0.25) is 24.2 Å². The average Bonchev–Trinajstić information content (AvgIpc) is 3.37. The Hall–Kier alpha value is -4.00. The molecule has 1 saturated heterocycles. The molecule has 2 heterocycles.